The van der Waals surface area contributed by atoms with Crippen LogP contribution < -0.4 is 10.4 Å². The summed E-state index contributed by atoms with van der Waals surface area (Å²) in [4.78, 5) is 11.5. The van der Waals surface area contributed by atoms with Gasteiger partial charge in [0.05, 0.1) is 18.1 Å². The van der Waals surface area contributed by atoms with Gasteiger partial charge in [-0.25, -0.2) is 4.79 Å². The third-order valence-electron chi connectivity index (χ3n) is 2.77. The summed E-state index contributed by atoms with van der Waals surface area (Å²) in [6.07, 6.45) is 0.676. The van der Waals surface area contributed by atoms with Crippen molar-refractivity contribution in [1.82, 2.24) is 0 Å². The maximum absolute atomic E-state index is 11.5. The number of fused-ring (bicyclic) bond motifs is 1. The normalized spacial score (nSPS) is 15.1. The van der Waals surface area contributed by atoms with Crippen LogP contribution in [0.5, 0.6) is 5.75 Å². The molecule has 2 rings (SSSR count). The Morgan fingerprint density at radius 1 is 1.44 bits per heavy atom. The first-order valence-electron chi connectivity index (χ1n) is 6.72. The quantitative estimate of drug-likeness (QED) is 0.758. The van der Waals surface area contributed by atoms with Crippen LogP contribution in [0.15, 0.2) is 39.5 Å². The van der Waals surface area contributed by atoms with Crippen LogP contribution in [0.1, 0.15) is 28.0 Å². The van der Waals surface area contributed by atoms with E-state index in [0.29, 0.717) is 17.9 Å². The van der Waals surface area contributed by atoms with Gasteiger partial charge in [-0.2, -0.15) is 0 Å². The second kappa shape index (κ2) is 5.71. The number of benzene rings is 1. The zero-order chi connectivity index (χ0) is 13.8. The van der Waals surface area contributed by atoms with Gasteiger partial charge >= 0.3 is 5.63 Å². The Bertz CT molecular complexity index is 604. The highest BCUT2D eigenvalue weighted by molar-refractivity contribution is 5.82. The van der Waals surface area contributed by atoms with E-state index in [2.05, 4.69) is 0 Å². The predicted molar refractivity (Wildman–Crippen MR) is 72.1 cm³/mol. The summed E-state index contributed by atoms with van der Waals surface area (Å²) < 4.78 is 18.4. The molecule has 96 valence electrons. The topological polar surface area (TPSA) is 39.4 Å². The number of ether oxygens (including phenoxy) is 1. The SMILES string of the molecule is [2H]C(C)CC(C)COc1cc(=O)oc2ccccc12. The summed E-state index contributed by atoms with van der Waals surface area (Å²) in [5, 5.41) is 0.799. The van der Waals surface area contributed by atoms with Gasteiger partial charge in [0.2, 0.25) is 0 Å². The zero-order valence-corrected chi connectivity index (χ0v) is 10.7. The van der Waals surface area contributed by atoms with E-state index >= 15 is 0 Å². The monoisotopic (exact) mass is 247 g/mol. The molecule has 0 amide bonds. The van der Waals surface area contributed by atoms with Gasteiger partial charge in [0.15, 0.2) is 0 Å². The van der Waals surface area contributed by atoms with Crippen LogP contribution in [-0.2, 0) is 0 Å². The number of rotatable bonds is 5. The van der Waals surface area contributed by atoms with Crippen LogP contribution in [0.3, 0.4) is 0 Å². The molecule has 0 radical (unpaired) electrons. The molecule has 3 heteroatoms. The van der Waals surface area contributed by atoms with E-state index in [0.717, 1.165) is 11.8 Å². The zero-order valence-electron chi connectivity index (χ0n) is 11.7. The lowest BCUT2D eigenvalue weighted by Gasteiger charge is -2.12. The Morgan fingerprint density at radius 2 is 2.22 bits per heavy atom. The van der Waals surface area contributed by atoms with Crippen molar-refractivity contribution < 1.29 is 10.5 Å². The molecule has 0 N–H and O–H groups in total. The Balaban J connectivity index is 2.18. The summed E-state index contributed by atoms with van der Waals surface area (Å²) in [5.41, 5.74) is 0.127. The summed E-state index contributed by atoms with van der Waals surface area (Å²) in [6, 6.07) is 8.69. The highest BCUT2D eigenvalue weighted by Crippen LogP contribution is 2.23. The fourth-order valence-corrected chi connectivity index (χ4v) is 1.90. The predicted octanol–water partition coefficient (Wildman–Crippen LogP) is 3.61. The van der Waals surface area contributed by atoms with Crippen molar-refractivity contribution in [2.45, 2.75) is 26.7 Å². The summed E-state index contributed by atoms with van der Waals surface area (Å²) >= 11 is 0. The Kier molecular flexibility index (Phi) is 3.60. The fourth-order valence-electron chi connectivity index (χ4n) is 1.90. The first-order valence-corrected chi connectivity index (χ1v) is 6.14. The molecule has 0 saturated carbocycles. The van der Waals surface area contributed by atoms with Crippen LogP contribution >= 0.6 is 0 Å². The van der Waals surface area contributed by atoms with Gasteiger partial charge in [-0.05, 0) is 24.5 Å². The summed E-state index contributed by atoms with van der Waals surface area (Å²) in [7, 11) is 0. The maximum Gasteiger partial charge on any atom is 0.339 e. The molecule has 3 nitrogen and oxygen atoms in total. The first kappa shape index (κ1) is 11.3. The van der Waals surface area contributed by atoms with Crippen LogP contribution in [0, 0.1) is 5.92 Å². The van der Waals surface area contributed by atoms with Crippen molar-refractivity contribution >= 4 is 11.0 Å². The Hall–Kier alpha value is -1.77. The van der Waals surface area contributed by atoms with E-state index in [4.69, 9.17) is 10.5 Å². The Morgan fingerprint density at radius 3 is 3.00 bits per heavy atom. The summed E-state index contributed by atoms with van der Waals surface area (Å²) in [6.45, 7) is 4.40. The fraction of sp³-hybridized carbons (Fsp3) is 0.400. The molecule has 0 saturated heterocycles. The van der Waals surface area contributed by atoms with Crippen LogP contribution in [0.4, 0.5) is 0 Å². The molecule has 0 fully saturated rings. The summed E-state index contributed by atoms with van der Waals surface area (Å²) in [5.74, 6) is 0.829. The lowest BCUT2D eigenvalue weighted by atomic mass is 10.1. The van der Waals surface area contributed by atoms with Crippen LogP contribution in [0.25, 0.3) is 11.0 Å². The molecular weight excluding hydrogens is 228 g/mol. The van der Waals surface area contributed by atoms with E-state index in [1.54, 1.807) is 6.07 Å². The third-order valence-corrected chi connectivity index (χ3v) is 2.77. The van der Waals surface area contributed by atoms with Gasteiger partial charge in [-0.1, -0.05) is 32.4 Å². The average molecular weight is 247 g/mol. The van der Waals surface area contributed by atoms with Crippen LogP contribution in [0.2, 0.25) is 0 Å². The minimum atomic E-state index is -0.407. The molecule has 18 heavy (non-hydrogen) atoms. The van der Waals surface area contributed by atoms with Crippen molar-refractivity contribution in [3.05, 3.63) is 40.8 Å². The van der Waals surface area contributed by atoms with Gasteiger partial charge in [0, 0.05) is 1.37 Å². The van der Waals surface area contributed by atoms with E-state index < -0.39 is 5.63 Å². The second-order valence-corrected chi connectivity index (χ2v) is 4.49. The molecule has 2 unspecified atom stereocenters. The van der Waals surface area contributed by atoms with Crippen molar-refractivity contribution in [1.29, 1.82) is 0 Å². The molecule has 0 aliphatic heterocycles. The van der Waals surface area contributed by atoms with Gasteiger partial charge < -0.3 is 9.15 Å². The molecule has 2 atom stereocenters. The van der Waals surface area contributed by atoms with Gasteiger partial charge in [0.25, 0.3) is 0 Å². The van der Waals surface area contributed by atoms with E-state index in [1.807, 2.05) is 32.0 Å². The molecular formula is C15H18O3. The van der Waals surface area contributed by atoms with E-state index in [-0.39, 0.29) is 12.3 Å². The average Bonchev–Trinajstić information content (AvgIpc) is 2.35. The highest BCUT2D eigenvalue weighted by atomic mass is 16.5. The van der Waals surface area contributed by atoms with E-state index in [9.17, 15) is 4.79 Å². The minimum Gasteiger partial charge on any atom is -0.492 e. The maximum atomic E-state index is 11.5. The standard InChI is InChI=1S/C15H18O3/c1-3-6-11(2)10-17-14-9-15(16)18-13-8-5-4-7-12(13)14/h4-5,7-9,11H,3,6,10H2,1-2H3/i3D. The smallest absolute Gasteiger partial charge is 0.339 e. The first-order chi connectivity index (χ1) is 9.06. The molecule has 0 aliphatic carbocycles. The van der Waals surface area contributed by atoms with Crippen molar-refractivity contribution in [3.8, 4) is 5.75 Å². The number of para-hydroxylation sites is 1. The van der Waals surface area contributed by atoms with Crippen molar-refractivity contribution in [3.63, 3.8) is 0 Å². The van der Waals surface area contributed by atoms with Crippen molar-refractivity contribution in [2.24, 2.45) is 5.92 Å². The second-order valence-electron chi connectivity index (χ2n) is 4.49. The Labute approximate surface area is 108 Å². The van der Waals surface area contributed by atoms with Crippen molar-refractivity contribution in [2.75, 3.05) is 6.61 Å². The number of hydrogen-bond donors (Lipinski definition) is 0. The number of hydrogen-bond acceptors (Lipinski definition) is 3. The van der Waals surface area contributed by atoms with E-state index in [1.165, 1.54) is 6.07 Å². The molecule has 0 spiro atoms. The molecule has 1 aromatic heterocycles. The molecule has 1 aromatic carbocycles. The lowest BCUT2D eigenvalue weighted by Crippen LogP contribution is -2.10. The molecule has 1 heterocycles. The third kappa shape index (κ3) is 2.92. The molecule has 0 aliphatic rings. The van der Waals surface area contributed by atoms with Crippen LogP contribution in [-0.4, -0.2) is 6.61 Å². The molecule has 2 aromatic rings. The van der Waals surface area contributed by atoms with Gasteiger partial charge in [-0.15, -0.1) is 0 Å². The van der Waals surface area contributed by atoms with Gasteiger partial charge in [-0.3, -0.25) is 0 Å². The van der Waals surface area contributed by atoms with Gasteiger partial charge in [0.1, 0.15) is 11.3 Å². The highest BCUT2D eigenvalue weighted by Gasteiger charge is 2.08. The molecule has 0 bridgehead atoms. The largest absolute Gasteiger partial charge is 0.492 e. The lowest BCUT2D eigenvalue weighted by molar-refractivity contribution is 0.252. The minimum absolute atomic E-state index is 0.101.